The number of rotatable bonds is 6. The molecule has 2 aliphatic heterocycles. The SMILES string of the molecule is O=C(NC1CCN(C(=O)c2ccccc2OCC2CCCO2)CC1)c1ccccc1. The molecule has 6 heteroatoms. The number of piperidine rings is 1. The molecule has 1 atom stereocenters. The second-order valence-corrected chi connectivity index (χ2v) is 7.85. The third-order valence-corrected chi connectivity index (χ3v) is 5.72. The molecule has 2 aromatic carbocycles. The number of para-hydroxylation sites is 1. The zero-order chi connectivity index (χ0) is 20.8. The van der Waals surface area contributed by atoms with Crippen LogP contribution >= 0.6 is 0 Å². The van der Waals surface area contributed by atoms with Crippen molar-refractivity contribution in [1.29, 1.82) is 0 Å². The Morgan fingerprint density at radius 3 is 2.47 bits per heavy atom. The molecular formula is C24H28N2O4. The molecule has 0 saturated carbocycles. The van der Waals surface area contributed by atoms with Crippen LogP contribution in [0.15, 0.2) is 54.6 Å². The molecule has 1 N–H and O–H groups in total. The van der Waals surface area contributed by atoms with Crippen LogP contribution in [-0.2, 0) is 4.74 Å². The van der Waals surface area contributed by atoms with Gasteiger partial charge in [0.2, 0.25) is 0 Å². The van der Waals surface area contributed by atoms with Crippen molar-refractivity contribution in [3.05, 3.63) is 65.7 Å². The van der Waals surface area contributed by atoms with Gasteiger partial charge in [-0.25, -0.2) is 0 Å². The van der Waals surface area contributed by atoms with Crippen LogP contribution in [0.4, 0.5) is 0 Å². The Balaban J connectivity index is 1.31. The lowest BCUT2D eigenvalue weighted by Gasteiger charge is -2.32. The molecule has 158 valence electrons. The number of hydrogen-bond acceptors (Lipinski definition) is 4. The van der Waals surface area contributed by atoms with E-state index in [2.05, 4.69) is 5.32 Å². The van der Waals surface area contributed by atoms with Crippen molar-refractivity contribution < 1.29 is 19.1 Å². The highest BCUT2D eigenvalue weighted by Crippen LogP contribution is 2.23. The van der Waals surface area contributed by atoms with Gasteiger partial charge in [-0.15, -0.1) is 0 Å². The van der Waals surface area contributed by atoms with E-state index in [-0.39, 0.29) is 24.0 Å². The maximum atomic E-state index is 13.1. The van der Waals surface area contributed by atoms with Crippen molar-refractivity contribution in [2.45, 2.75) is 37.8 Å². The largest absolute Gasteiger partial charge is 0.490 e. The maximum Gasteiger partial charge on any atom is 0.257 e. The molecule has 2 aromatic rings. The highest BCUT2D eigenvalue weighted by atomic mass is 16.5. The maximum absolute atomic E-state index is 13.1. The molecule has 30 heavy (non-hydrogen) atoms. The van der Waals surface area contributed by atoms with E-state index in [1.165, 1.54) is 0 Å². The van der Waals surface area contributed by atoms with Gasteiger partial charge < -0.3 is 19.7 Å². The van der Waals surface area contributed by atoms with Crippen LogP contribution in [0.25, 0.3) is 0 Å². The van der Waals surface area contributed by atoms with Crippen molar-refractivity contribution in [2.24, 2.45) is 0 Å². The molecule has 2 amide bonds. The average molecular weight is 408 g/mol. The van der Waals surface area contributed by atoms with E-state index in [4.69, 9.17) is 9.47 Å². The fraction of sp³-hybridized carbons (Fsp3) is 0.417. The molecule has 0 bridgehead atoms. The van der Waals surface area contributed by atoms with Gasteiger partial charge in [-0.3, -0.25) is 9.59 Å². The third-order valence-electron chi connectivity index (χ3n) is 5.72. The monoisotopic (exact) mass is 408 g/mol. The zero-order valence-electron chi connectivity index (χ0n) is 17.1. The van der Waals surface area contributed by atoms with Crippen LogP contribution < -0.4 is 10.1 Å². The molecule has 0 aromatic heterocycles. The van der Waals surface area contributed by atoms with E-state index in [1.807, 2.05) is 59.5 Å². The summed E-state index contributed by atoms with van der Waals surface area (Å²) in [4.78, 5) is 27.3. The second kappa shape index (κ2) is 9.76. The Morgan fingerprint density at radius 2 is 1.73 bits per heavy atom. The van der Waals surface area contributed by atoms with Gasteiger partial charge in [-0.05, 0) is 49.9 Å². The molecule has 1 unspecified atom stereocenters. The molecule has 0 radical (unpaired) electrons. The molecule has 2 fully saturated rings. The van der Waals surface area contributed by atoms with E-state index in [9.17, 15) is 9.59 Å². The quantitative estimate of drug-likeness (QED) is 0.797. The van der Waals surface area contributed by atoms with Crippen molar-refractivity contribution in [3.8, 4) is 5.75 Å². The number of hydrogen-bond donors (Lipinski definition) is 1. The summed E-state index contributed by atoms with van der Waals surface area (Å²) in [6.07, 6.45) is 3.65. The van der Waals surface area contributed by atoms with E-state index in [0.717, 1.165) is 32.3 Å². The summed E-state index contributed by atoms with van der Waals surface area (Å²) in [5, 5.41) is 3.08. The first-order valence-corrected chi connectivity index (χ1v) is 10.7. The van der Waals surface area contributed by atoms with Gasteiger partial charge in [0, 0.05) is 31.3 Å². The molecule has 2 saturated heterocycles. The van der Waals surface area contributed by atoms with Gasteiger partial charge in [0.05, 0.1) is 11.7 Å². The molecule has 2 heterocycles. The van der Waals surface area contributed by atoms with Gasteiger partial charge >= 0.3 is 0 Å². The number of nitrogens with zero attached hydrogens (tertiary/aromatic N) is 1. The Hall–Kier alpha value is -2.86. The molecule has 0 spiro atoms. The summed E-state index contributed by atoms with van der Waals surface area (Å²) in [6, 6.07) is 16.7. The van der Waals surface area contributed by atoms with Gasteiger partial charge in [0.1, 0.15) is 12.4 Å². The molecule has 6 nitrogen and oxygen atoms in total. The van der Waals surface area contributed by atoms with Crippen LogP contribution in [-0.4, -0.2) is 55.2 Å². The topological polar surface area (TPSA) is 67.9 Å². The van der Waals surface area contributed by atoms with Crippen molar-refractivity contribution >= 4 is 11.8 Å². The smallest absolute Gasteiger partial charge is 0.257 e. The van der Waals surface area contributed by atoms with Crippen LogP contribution in [0.2, 0.25) is 0 Å². The molecule has 4 rings (SSSR count). The zero-order valence-corrected chi connectivity index (χ0v) is 17.1. The van der Waals surface area contributed by atoms with Crippen LogP contribution in [0.3, 0.4) is 0 Å². The summed E-state index contributed by atoms with van der Waals surface area (Å²) in [7, 11) is 0. The van der Waals surface area contributed by atoms with Gasteiger partial charge in [0.15, 0.2) is 0 Å². The van der Waals surface area contributed by atoms with Gasteiger partial charge in [0.25, 0.3) is 11.8 Å². The molecular weight excluding hydrogens is 380 g/mol. The minimum Gasteiger partial charge on any atom is -0.490 e. The first kappa shape index (κ1) is 20.4. The van der Waals surface area contributed by atoms with E-state index < -0.39 is 0 Å². The summed E-state index contributed by atoms with van der Waals surface area (Å²) in [5.41, 5.74) is 1.25. The highest BCUT2D eigenvalue weighted by molar-refractivity contribution is 5.97. The second-order valence-electron chi connectivity index (χ2n) is 7.85. The highest BCUT2D eigenvalue weighted by Gasteiger charge is 2.27. The molecule has 2 aliphatic rings. The first-order chi connectivity index (χ1) is 14.7. The number of amides is 2. The lowest BCUT2D eigenvalue weighted by atomic mass is 10.0. The Morgan fingerprint density at radius 1 is 1.00 bits per heavy atom. The predicted octanol–water partition coefficient (Wildman–Crippen LogP) is 3.28. The fourth-order valence-electron chi connectivity index (χ4n) is 3.98. The minimum atomic E-state index is -0.0618. The number of likely N-dealkylation sites (tertiary alicyclic amines) is 1. The Kier molecular flexibility index (Phi) is 6.64. The van der Waals surface area contributed by atoms with Crippen LogP contribution in [0, 0.1) is 0 Å². The first-order valence-electron chi connectivity index (χ1n) is 10.7. The lowest BCUT2D eigenvalue weighted by molar-refractivity contribution is 0.0633. The Labute approximate surface area is 177 Å². The Bertz CT molecular complexity index is 857. The van der Waals surface area contributed by atoms with Crippen molar-refractivity contribution in [1.82, 2.24) is 10.2 Å². The number of carbonyl (C=O) groups is 2. The lowest BCUT2D eigenvalue weighted by Crippen LogP contribution is -2.46. The van der Waals surface area contributed by atoms with Crippen molar-refractivity contribution in [2.75, 3.05) is 26.3 Å². The number of carbonyl (C=O) groups excluding carboxylic acids is 2. The number of nitrogens with one attached hydrogen (secondary N) is 1. The summed E-state index contributed by atoms with van der Waals surface area (Å²) in [5.74, 6) is 0.525. The summed E-state index contributed by atoms with van der Waals surface area (Å²) in [6.45, 7) is 2.47. The van der Waals surface area contributed by atoms with E-state index in [0.29, 0.717) is 36.6 Å². The fourth-order valence-corrected chi connectivity index (χ4v) is 3.98. The summed E-state index contributed by atoms with van der Waals surface area (Å²) < 4.78 is 11.5. The normalized spacial score (nSPS) is 19.5. The minimum absolute atomic E-state index is 0.0224. The van der Waals surface area contributed by atoms with E-state index in [1.54, 1.807) is 0 Å². The van der Waals surface area contributed by atoms with Gasteiger partial charge in [-0.1, -0.05) is 30.3 Å². The van der Waals surface area contributed by atoms with Crippen LogP contribution in [0.5, 0.6) is 5.75 Å². The summed E-state index contributed by atoms with van der Waals surface area (Å²) >= 11 is 0. The molecule has 0 aliphatic carbocycles. The third kappa shape index (κ3) is 5.00. The standard InChI is InChI=1S/C24H28N2O4/c27-23(18-7-2-1-3-8-18)25-19-12-14-26(15-13-19)24(28)21-10-4-5-11-22(21)30-17-20-9-6-16-29-20/h1-5,7-8,10-11,19-20H,6,9,12-17H2,(H,25,27). The van der Waals surface area contributed by atoms with Gasteiger partial charge in [-0.2, -0.15) is 0 Å². The number of benzene rings is 2. The number of ether oxygens (including phenoxy) is 2. The predicted molar refractivity (Wildman–Crippen MR) is 114 cm³/mol. The van der Waals surface area contributed by atoms with Crippen LogP contribution in [0.1, 0.15) is 46.4 Å². The van der Waals surface area contributed by atoms with E-state index >= 15 is 0 Å². The van der Waals surface area contributed by atoms with Crippen molar-refractivity contribution in [3.63, 3.8) is 0 Å². The average Bonchev–Trinajstić information content (AvgIpc) is 3.32.